The Balaban J connectivity index is 2.21. The molecule has 0 amide bonds. The van der Waals surface area contributed by atoms with Crippen LogP contribution in [0.4, 0.5) is 11.8 Å². The van der Waals surface area contributed by atoms with Crippen molar-refractivity contribution in [1.82, 2.24) is 9.97 Å². The lowest BCUT2D eigenvalue weighted by Crippen LogP contribution is -2.19. The van der Waals surface area contributed by atoms with Gasteiger partial charge in [0, 0.05) is 18.1 Å². The van der Waals surface area contributed by atoms with Crippen LogP contribution in [0.5, 0.6) is 0 Å². The number of rotatable bonds is 3. The molecule has 2 aromatic rings. The highest BCUT2D eigenvalue weighted by atomic mass is 79.9. The Bertz CT molecular complexity index is 562. The molecule has 0 radical (unpaired) electrons. The van der Waals surface area contributed by atoms with Gasteiger partial charge in [0.1, 0.15) is 5.02 Å². The third-order valence-electron chi connectivity index (χ3n) is 2.41. The normalized spacial score (nSPS) is 10.4. The fourth-order valence-corrected chi connectivity index (χ4v) is 2.31. The SMILES string of the molecule is CN(Cc1cccc(Br)c1)c1nc(N)ncc1Cl. The summed E-state index contributed by atoms with van der Waals surface area (Å²) in [6.45, 7) is 0.690. The van der Waals surface area contributed by atoms with Crippen molar-refractivity contribution in [2.24, 2.45) is 0 Å². The Kier molecular flexibility index (Phi) is 4.04. The Morgan fingerprint density at radius 3 is 2.94 bits per heavy atom. The van der Waals surface area contributed by atoms with E-state index in [0.717, 1.165) is 10.0 Å². The van der Waals surface area contributed by atoms with Crippen molar-refractivity contribution in [2.75, 3.05) is 17.7 Å². The van der Waals surface area contributed by atoms with Gasteiger partial charge in [-0.2, -0.15) is 4.98 Å². The number of hydrogen-bond donors (Lipinski definition) is 1. The van der Waals surface area contributed by atoms with Crippen LogP contribution in [0, 0.1) is 0 Å². The molecule has 2 N–H and O–H groups in total. The molecule has 0 unspecified atom stereocenters. The molecule has 0 spiro atoms. The van der Waals surface area contributed by atoms with E-state index in [0.29, 0.717) is 17.4 Å². The number of benzene rings is 1. The summed E-state index contributed by atoms with van der Waals surface area (Å²) in [5.41, 5.74) is 6.72. The molecule has 1 aromatic carbocycles. The molecule has 0 saturated carbocycles. The number of nitrogen functional groups attached to an aromatic ring is 1. The number of aromatic nitrogens is 2. The largest absolute Gasteiger partial charge is 0.368 e. The molecule has 18 heavy (non-hydrogen) atoms. The smallest absolute Gasteiger partial charge is 0.222 e. The van der Waals surface area contributed by atoms with Crippen LogP contribution in [0.15, 0.2) is 34.9 Å². The molecular formula is C12H12BrClN4. The number of halogens is 2. The molecule has 4 nitrogen and oxygen atoms in total. The third-order valence-corrected chi connectivity index (χ3v) is 3.17. The van der Waals surface area contributed by atoms with E-state index >= 15 is 0 Å². The van der Waals surface area contributed by atoms with E-state index in [1.54, 1.807) is 0 Å². The van der Waals surface area contributed by atoms with Gasteiger partial charge in [0.2, 0.25) is 5.95 Å². The Hall–Kier alpha value is -1.33. The lowest BCUT2D eigenvalue weighted by atomic mass is 10.2. The Morgan fingerprint density at radius 1 is 1.44 bits per heavy atom. The van der Waals surface area contributed by atoms with E-state index in [1.807, 2.05) is 30.1 Å². The zero-order valence-electron chi connectivity index (χ0n) is 9.77. The molecule has 6 heteroatoms. The first-order valence-electron chi connectivity index (χ1n) is 5.30. The molecule has 1 heterocycles. The standard InChI is InChI=1S/C12H12BrClN4/c1-18(7-8-3-2-4-9(13)5-8)11-10(14)6-16-12(15)17-11/h2-6H,7H2,1H3,(H2,15,16,17). The van der Waals surface area contributed by atoms with Crippen molar-refractivity contribution in [1.29, 1.82) is 0 Å². The summed E-state index contributed by atoms with van der Waals surface area (Å²) in [5.74, 6) is 0.847. The second-order valence-corrected chi connectivity index (χ2v) is 5.21. The third kappa shape index (κ3) is 3.11. The first kappa shape index (κ1) is 13.1. The quantitative estimate of drug-likeness (QED) is 0.941. The molecule has 0 atom stereocenters. The highest BCUT2D eigenvalue weighted by molar-refractivity contribution is 9.10. The minimum Gasteiger partial charge on any atom is -0.368 e. The van der Waals surface area contributed by atoms with Crippen molar-refractivity contribution in [3.8, 4) is 0 Å². The Morgan fingerprint density at radius 2 is 2.22 bits per heavy atom. The van der Waals surface area contributed by atoms with Gasteiger partial charge < -0.3 is 10.6 Å². The van der Waals surface area contributed by atoms with E-state index in [2.05, 4.69) is 32.0 Å². The molecule has 0 saturated heterocycles. The fourth-order valence-electron chi connectivity index (χ4n) is 1.62. The van der Waals surface area contributed by atoms with Gasteiger partial charge in [-0.1, -0.05) is 39.7 Å². The second kappa shape index (κ2) is 5.54. The van der Waals surface area contributed by atoms with Gasteiger partial charge in [-0.15, -0.1) is 0 Å². The van der Waals surface area contributed by atoms with E-state index in [-0.39, 0.29) is 5.95 Å². The van der Waals surface area contributed by atoms with Gasteiger partial charge in [0.05, 0.1) is 6.20 Å². The van der Waals surface area contributed by atoms with Crippen molar-refractivity contribution in [3.05, 3.63) is 45.5 Å². The zero-order chi connectivity index (χ0) is 13.1. The highest BCUT2D eigenvalue weighted by Crippen LogP contribution is 2.23. The van der Waals surface area contributed by atoms with Crippen molar-refractivity contribution in [2.45, 2.75) is 6.54 Å². The van der Waals surface area contributed by atoms with Gasteiger partial charge in [0.25, 0.3) is 0 Å². The van der Waals surface area contributed by atoms with Gasteiger partial charge in [-0.3, -0.25) is 0 Å². The maximum atomic E-state index is 6.06. The Labute approximate surface area is 119 Å². The molecule has 0 aliphatic rings. The minimum absolute atomic E-state index is 0.218. The predicted molar refractivity (Wildman–Crippen MR) is 77.7 cm³/mol. The predicted octanol–water partition coefficient (Wildman–Crippen LogP) is 3.11. The second-order valence-electron chi connectivity index (χ2n) is 3.89. The average molecular weight is 328 g/mol. The lowest BCUT2D eigenvalue weighted by Gasteiger charge is -2.19. The van der Waals surface area contributed by atoms with Gasteiger partial charge in [0.15, 0.2) is 5.82 Å². The van der Waals surface area contributed by atoms with Crippen LogP contribution in [-0.2, 0) is 6.54 Å². The van der Waals surface area contributed by atoms with E-state index < -0.39 is 0 Å². The van der Waals surface area contributed by atoms with E-state index in [1.165, 1.54) is 6.20 Å². The van der Waals surface area contributed by atoms with Crippen LogP contribution in [0.25, 0.3) is 0 Å². The molecule has 1 aromatic heterocycles. The number of nitrogens with two attached hydrogens (primary N) is 1. The highest BCUT2D eigenvalue weighted by Gasteiger charge is 2.09. The summed E-state index contributed by atoms with van der Waals surface area (Å²) < 4.78 is 1.04. The number of nitrogens with zero attached hydrogens (tertiary/aromatic N) is 3. The molecule has 0 fully saturated rings. The summed E-state index contributed by atoms with van der Waals surface area (Å²) in [6.07, 6.45) is 1.51. The number of hydrogen-bond acceptors (Lipinski definition) is 4. The van der Waals surface area contributed by atoms with Crippen LogP contribution in [-0.4, -0.2) is 17.0 Å². The van der Waals surface area contributed by atoms with Crippen molar-refractivity contribution < 1.29 is 0 Å². The maximum Gasteiger partial charge on any atom is 0.222 e. The first-order valence-corrected chi connectivity index (χ1v) is 6.47. The van der Waals surface area contributed by atoms with Crippen LogP contribution in [0.2, 0.25) is 5.02 Å². The van der Waals surface area contributed by atoms with Crippen molar-refractivity contribution >= 4 is 39.3 Å². The zero-order valence-corrected chi connectivity index (χ0v) is 12.1. The molecule has 0 aliphatic carbocycles. The number of anilines is 2. The summed E-state index contributed by atoms with van der Waals surface area (Å²) in [4.78, 5) is 9.92. The molecule has 0 bridgehead atoms. The maximum absolute atomic E-state index is 6.06. The van der Waals surface area contributed by atoms with E-state index in [4.69, 9.17) is 17.3 Å². The molecule has 2 rings (SSSR count). The van der Waals surface area contributed by atoms with Crippen molar-refractivity contribution in [3.63, 3.8) is 0 Å². The molecular weight excluding hydrogens is 316 g/mol. The summed E-state index contributed by atoms with van der Waals surface area (Å²) >= 11 is 9.50. The monoisotopic (exact) mass is 326 g/mol. The van der Waals surface area contributed by atoms with Gasteiger partial charge >= 0.3 is 0 Å². The minimum atomic E-state index is 0.218. The van der Waals surface area contributed by atoms with Crippen LogP contribution in [0.3, 0.4) is 0 Å². The summed E-state index contributed by atoms with van der Waals surface area (Å²) in [5, 5.41) is 0.488. The summed E-state index contributed by atoms with van der Waals surface area (Å²) in [7, 11) is 1.91. The van der Waals surface area contributed by atoms with Gasteiger partial charge in [-0.25, -0.2) is 4.98 Å². The van der Waals surface area contributed by atoms with Gasteiger partial charge in [-0.05, 0) is 17.7 Å². The summed E-state index contributed by atoms with van der Waals surface area (Å²) in [6, 6.07) is 8.07. The topological polar surface area (TPSA) is 55.0 Å². The van der Waals surface area contributed by atoms with Crippen LogP contribution < -0.4 is 10.6 Å². The average Bonchev–Trinajstić information content (AvgIpc) is 2.32. The molecule has 0 aliphatic heterocycles. The van der Waals surface area contributed by atoms with Crippen LogP contribution >= 0.6 is 27.5 Å². The fraction of sp³-hybridized carbons (Fsp3) is 0.167. The first-order chi connectivity index (χ1) is 8.56. The molecule has 94 valence electrons. The lowest BCUT2D eigenvalue weighted by molar-refractivity contribution is 0.893. The van der Waals surface area contributed by atoms with Crippen LogP contribution in [0.1, 0.15) is 5.56 Å². The van der Waals surface area contributed by atoms with E-state index in [9.17, 15) is 0 Å².